The lowest BCUT2D eigenvalue weighted by molar-refractivity contribution is -0.134. The van der Waals surface area contributed by atoms with E-state index in [-0.39, 0.29) is 18.6 Å². The van der Waals surface area contributed by atoms with Crippen LogP contribution in [-0.4, -0.2) is 47.2 Å². The van der Waals surface area contributed by atoms with Crippen LogP contribution >= 0.6 is 0 Å². The van der Waals surface area contributed by atoms with Crippen LogP contribution in [0.2, 0.25) is 0 Å². The first-order valence-electron chi connectivity index (χ1n) is 8.28. The van der Waals surface area contributed by atoms with E-state index in [0.717, 1.165) is 48.0 Å². The van der Waals surface area contributed by atoms with Crippen molar-refractivity contribution in [2.45, 2.75) is 38.1 Å². The number of aromatic amines is 1. The first kappa shape index (κ1) is 15.9. The van der Waals surface area contributed by atoms with E-state index in [9.17, 15) is 9.90 Å². The van der Waals surface area contributed by atoms with Crippen LogP contribution in [0.15, 0.2) is 24.4 Å². The number of nitrogens with one attached hydrogen (secondary N) is 1. The minimum absolute atomic E-state index is 0.134. The molecule has 23 heavy (non-hydrogen) atoms. The van der Waals surface area contributed by atoms with Crippen molar-refractivity contribution in [1.29, 1.82) is 0 Å². The number of fused-ring (bicyclic) bond motifs is 1. The number of H-pyrrole nitrogens is 1. The van der Waals surface area contributed by atoms with Crippen LogP contribution in [0.3, 0.4) is 0 Å². The number of nitrogens with zero attached hydrogens (tertiary/aromatic N) is 1. The third kappa shape index (κ3) is 3.20. The average Bonchev–Trinajstić information content (AvgIpc) is 2.98. The number of benzene rings is 1. The summed E-state index contributed by atoms with van der Waals surface area (Å²) in [6, 6.07) is 6.01. The molecule has 1 atom stereocenters. The Morgan fingerprint density at radius 1 is 1.43 bits per heavy atom. The zero-order valence-electron chi connectivity index (χ0n) is 13.5. The van der Waals surface area contributed by atoms with Crippen LogP contribution < -0.4 is 4.74 Å². The lowest BCUT2D eigenvalue weighted by Gasteiger charge is -2.35. The SMILES string of the molecule is COc1cccc2[nH]cc(CC(=O)N3CCCCC3CCO)c12. The van der Waals surface area contributed by atoms with Crippen LogP contribution in [0.25, 0.3) is 10.9 Å². The Kier molecular flexibility index (Phi) is 4.86. The van der Waals surface area contributed by atoms with E-state index >= 15 is 0 Å². The van der Waals surface area contributed by atoms with Crippen LogP contribution in [0.4, 0.5) is 0 Å². The van der Waals surface area contributed by atoms with Crippen molar-refractivity contribution in [1.82, 2.24) is 9.88 Å². The molecule has 124 valence electrons. The van der Waals surface area contributed by atoms with Crippen molar-refractivity contribution in [2.24, 2.45) is 0 Å². The van der Waals surface area contributed by atoms with Crippen molar-refractivity contribution in [3.8, 4) is 5.75 Å². The van der Waals surface area contributed by atoms with Gasteiger partial charge in [0.2, 0.25) is 5.91 Å². The number of hydrogen-bond acceptors (Lipinski definition) is 3. The Morgan fingerprint density at radius 2 is 2.30 bits per heavy atom. The number of aliphatic hydroxyl groups is 1. The lowest BCUT2D eigenvalue weighted by atomic mass is 9.98. The van der Waals surface area contributed by atoms with Gasteiger partial charge in [0.25, 0.3) is 0 Å². The van der Waals surface area contributed by atoms with Gasteiger partial charge in [-0.3, -0.25) is 4.79 Å². The highest BCUT2D eigenvalue weighted by molar-refractivity contribution is 5.93. The summed E-state index contributed by atoms with van der Waals surface area (Å²) in [7, 11) is 1.65. The monoisotopic (exact) mass is 316 g/mol. The first-order valence-corrected chi connectivity index (χ1v) is 8.28. The highest BCUT2D eigenvalue weighted by Gasteiger charge is 2.26. The average molecular weight is 316 g/mol. The molecule has 1 aromatic carbocycles. The largest absolute Gasteiger partial charge is 0.496 e. The third-order valence-electron chi connectivity index (χ3n) is 4.72. The van der Waals surface area contributed by atoms with Crippen LogP contribution in [0.1, 0.15) is 31.2 Å². The van der Waals surface area contributed by atoms with Crippen LogP contribution in [0, 0.1) is 0 Å². The van der Waals surface area contributed by atoms with Crippen LogP contribution in [-0.2, 0) is 11.2 Å². The molecule has 0 saturated carbocycles. The first-order chi connectivity index (χ1) is 11.2. The number of amides is 1. The zero-order valence-corrected chi connectivity index (χ0v) is 13.5. The third-order valence-corrected chi connectivity index (χ3v) is 4.72. The van der Waals surface area contributed by atoms with E-state index in [0.29, 0.717) is 12.8 Å². The maximum absolute atomic E-state index is 12.8. The molecule has 1 amide bonds. The van der Waals surface area contributed by atoms with E-state index in [4.69, 9.17) is 4.74 Å². The summed E-state index contributed by atoms with van der Waals surface area (Å²) in [6.07, 6.45) is 6.10. The minimum atomic E-state index is 0.134. The molecule has 1 fully saturated rings. The Bertz CT molecular complexity index is 678. The minimum Gasteiger partial charge on any atom is -0.496 e. The summed E-state index contributed by atoms with van der Waals surface area (Å²) in [5.41, 5.74) is 1.95. The number of aliphatic hydroxyl groups excluding tert-OH is 1. The molecule has 1 saturated heterocycles. The summed E-state index contributed by atoms with van der Waals surface area (Å²) in [5.74, 6) is 0.923. The molecule has 3 rings (SSSR count). The summed E-state index contributed by atoms with van der Waals surface area (Å²) < 4.78 is 5.44. The fraction of sp³-hybridized carbons (Fsp3) is 0.500. The second kappa shape index (κ2) is 7.04. The molecule has 5 heteroatoms. The molecule has 1 aromatic heterocycles. The van der Waals surface area contributed by atoms with Gasteiger partial charge < -0.3 is 19.7 Å². The second-order valence-electron chi connectivity index (χ2n) is 6.12. The van der Waals surface area contributed by atoms with Crippen molar-refractivity contribution in [2.75, 3.05) is 20.3 Å². The molecule has 0 aliphatic carbocycles. The number of aromatic nitrogens is 1. The molecule has 5 nitrogen and oxygen atoms in total. The second-order valence-corrected chi connectivity index (χ2v) is 6.12. The number of hydrogen-bond donors (Lipinski definition) is 2. The van der Waals surface area contributed by atoms with Crippen LogP contribution in [0.5, 0.6) is 5.75 Å². The summed E-state index contributed by atoms with van der Waals surface area (Å²) in [4.78, 5) is 18.0. The molecule has 1 unspecified atom stereocenters. The van der Waals surface area contributed by atoms with Gasteiger partial charge in [-0.2, -0.15) is 0 Å². The number of likely N-dealkylation sites (tertiary alicyclic amines) is 1. The lowest BCUT2D eigenvalue weighted by Crippen LogP contribution is -2.44. The Labute approximate surface area is 136 Å². The predicted octanol–water partition coefficient (Wildman–Crippen LogP) is 2.48. The van der Waals surface area contributed by atoms with Crippen molar-refractivity contribution < 1.29 is 14.6 Å². The van der Waals surface area contributed by atoms with E-state index in [2.05, 4.69) is 4.98 Å². The maximum atomic E-state index is 12.8. The van der Waals surface area contributed by atoms with Gasteiger partial charge in [0.05, 0.1) is 13.5 Å². The van der Waals surface area contributed by atoms with E-state index in [1.165, 1.54) is 0 Å². The van der Waals surface area contributed by atoms with Gasteiger partial charge >= 0.3 is 0 Å². The van der Waals surface area contributed by atoms with Gasteiger partial charge in [-0.05, 0) is 43.4 Å². The van der Waals surface area contributed by atoms with Crippen molar-refractivity contribution >= 4 is 16.8 Å². The number of rotatable bonds is 5. The number of carbonyl (C=O) groups excluding carboxylic acids is 1. The molecule has 2 N–H and O–H groups in total. The summed E-state index contributed by atoms with van der Waals surface area (Å²) >= 11 is 0. The topological polar surface area (TPSA) is 65.6 Å². The van der Waals surface area contributed by atoms with Gasteiger partial charge in [0.1, 0.15) is 5.75 Å². The molecule has 2 aromatic rings. The molecule has 0 radical (unpaired) electrons. The van der Waals surface area contributed by atoms with E-state index in [1.807, 2.05) is 29.3 Å². The van der Waals surface area contributed by atoms with E-state index in [1.54, 1.807) is 7.11 Å². The fourth-order valence-electron chi connectivity index (χ4n) is 3.57. The standard InChI is InChI=1S/C18H24N2O3/c1-23-16-7-4-6-15-18(16)13(12-19-15)11-17(22)20-9-3-2-5-14(20)8-10-21/h4,6-7,12,14,19,21H,2-3,5,8-11H2,1H3. The molecular formula is C18H24N2O3. The molecular weight excluding hydrogens is 292 g/mol. The normalized spacial score (nSPS) is 18.3. The Balaban J connectivity index is 1.82. The van der Waals surface area contributed by atoms with Gasteiger partial charge in [-0.15, -0.1) is 0 Å². The van der Waals surface area contributed by atoms with Gasteiger partial charge in [0, 0.05) is 36.3 Å². The zero-order chi connectivity index (χ0) is 16.2. The molecule has 2 heterocycles. The molecule has 1 aliphatic heterocycles. The highest BCUT2D eigenvalue weighted by Crippen LogP contribution is 2.29. The number of carbonyl (C=O) groups is 1. The summed E-state index contributed by atoms with van der Waals surface area (Å²) in [5, 5.41) is 10.2. The van der Waals surface area contributed by atoms with E-state index < -0.39 is 0 Å². The number of piperidine rings is 1. The number of methoxy groups -OCH3 is 1. The van der Waals surface area contributed by atoms with Crippen molar-refractivity contribution in [3.05, 3.63) is 30.0 Å². The molecule has 1 aliphatic rings. The molecule has 0 bridgehead atoms. The maximum Gasteiger partial charge on any atom is 0.227 e. The van der Waals surface area contributed by atoms with Gasteiger partial charge in [-0.25, -0.2) is 0 Å². The quantitative estimate of drug-likeness (QED) is 0.890. The van der Waals surface area contributed by atoms with Gasteiger partial charge in [0.15, 0.2) is 0 Å². The molecule has 0 spiro atoms. The Hall–Kier alpha value is -2.01. The predicted molar refractivity (Wildman–Crippen MR) is 89.6 cm³/mol. The van der Waals surface area contributed by atoms with Crippen molar-refractivity contribution in [3.63, 3.8) is 0 Å². The summed E-state index contributed by atoms with van der Waals surface area (Å²) in [6.45, 7) is 0.929. The smallest absolute Gasteiger partial charge is 0.227 e. The number of ether oxygens (including phenoxy) is 1. The van der Waals surface area contributed by atoms with Gasteiger partial charge in [-0.1, -0.05) is 6.07 Å². The Morgan fingerprint density at radius 3 is 3.09 bits per heavy atom. The fourth-order valence-corrected chi connectivity index (χ4v) is 3.57. The highest BCUT2D eigenvalue weighted by atomic mass is 16.5.